The van der Waals surface area contributed by atoms with Gasteiger partial charge in [-0.2, -0.15) is 0 Å². The number of nitrogens with one attached hydrogen (secondary N) is 1. The Hall–Kier alpha value is -2.35. The van der Waals surface area contributed by atoms with E-state index in [0.29, 0.717) is 5.13 Å². The molecule has 1 fully saturated rings. The summed E-state index contributed by atoms with van der Waals surface area (Å²) >= 11 is 1.39. The van der Waals surface area contributed by atoms with Gasteiger partial charge in [0.25, 0.3) is 0 Å². The summed E-state index contributed by atoms with van der Waals surface area (Å²) in [6.07, 6.45) is 6.84. The van der Waals surface area contributed by atoms with Crippen LogP contribution in [0.2, 0.25) is 0 Å². The summed E-state index contributed by atoms with van der Waals surface area (Å²) < 4.78 is 0. The predicted molar refractivity (Wildman–Crippen MR) is 105 cm³/mol. The molecule has 0 radical (unpaired) electrons. The molecule has 8 heteroatoms. The van der Waals surface area contributed by atoms with E-state index in [4.69, 9.17) is 0 Å². The number of piperidine rings is 1. The quantitative estimate of drug-likeness (QED) is 0.873. The number of aromatic nitrogens is 3. The van der Waals surface area contributed by atoms with Crippen molar-refractivity contribution in [3.05, 3.63) is 24.3 Å². The minimum absolute atomic E-state index is 0.147. The maximum absolute atomic E-state index is 12.5. The van der Waals surface area contributed by atoms with Crippen molar-refractivity contribution in [1.82, 2.24) is 19.9 Å². The second-order valence-electron chi connectivity index (χ2n) is 7.82. The largest absolute Gasteiger partial charge is 0.342 e. The lowest BCUT2D eigenvalue weighted by Gasteiger charge is -2.35. The zero-order valence-electron chi connectivity index (χ0n) is 16.2. The van der Waals surface area contributed by atoms with Gasteiger partial charge in [-0.25, -0.2) is 4.98 Å². The zero-order chi connectivity index (χ0) is 19.6. The van der Waals surface area contributed by atoms with Crippen molar-refractivity contribution in [1.29, 1.82) is 0 Å². The first-order valence-electron chi connectivity index (χ1n) is 9.10. The fraction of sp³-hybridized carbons (Fsp3) is 0.526. The van der Waals surface area contributed by atoms with E-state index in [9.17, 15) is 9.59 Å². The lowest BCUT2D eigenvalue weighted by atomic mass is 9.89. The third kappa shape index (κ3) is 4.50. The average molecular weight is 388 g/mol. The lowest BCUT2D eigenvalue weighted by Crippen LogP contribution is -2.43. The van der Waals surface area contributed by atoms with Crippen LogP contribution in [0.3, 0.4) is 0 Å². The van der Waals surface area contributed by atoms with Gasteiger partial charge in [-0.15, -0.1) is 0 Å². The van der Waals surface area contributed by atoms with E-state index in [1.54, 1.807) is 18.6 Å². The van der Waals surface area contributed by atoms with Gasteiger partial charge in [0.05, 0.1) is 10.6 Å². The summed E-state index contributed by atoms with van der Waals surface area (Å²) in [6.45, 7) is 8.80. The number of anilines is 1. The molecule has 0 atom stereocenters. The molecule has 2 aromatic rings. The minimum Gasteiger partial charge on any atom is -0.342 e. The molecule has 0 spiro atoms. The van der Waals surface area contributed by atoms with E-state index in [0.717, 1.165) is 42.2 Å². The van der Waals surface area contributed by atoms with E-state index in [-0.39, 0.29) is 23.1 Å². The molecule has 2 amide bonds. The Morgan fingerprint density at radius 2 is 1.81 bits per heavy atom. The Kier molecular flexibility index (Phi) is 5.55. The van der Waals surface area contributed by atoms with Crippen molar-refractivity contribution in [2.24, 2.45) is 5.41 Å². The van der Waals surface area contributed by atoms with Crippen molar-refractivity contribution < 1.29 is 9.59 Å². The molecule has 144 valence electrons. The Morgan fingerprint density at radius 1 is 1.15 bits per heavy atom. The summed E-state index contributed by atoms with van der Waals surface area (Å²) in [5.41, 5.74) is 1.40. The Bertz CT molecular complexity index is 835. The number of hydrogen-bond donors (Lipinski definition) is 1. The zero-order valence-corrected chi connectivity index (χ0v) is 17.0. The van der Waals surface area contributed by atoms with E-state index >= 15 is 0 Å². The molecule has 0 aliphatic carbocycles. The molecule has 0 bridgehead atoms. The maximum Gasteiger partial charge on any atom is 0.227 e. The highest BCUT2D eigenvalue weighted by atomic mass is 32.1. The average Bonchev–Trinajstić information content (AvgIpc) is 3.08. The highest BCUT2D eigenvalue weighted by molar-refractivity contribution is 7.19. The minimum atomic E-state index is -0.354. The molecule has 1 N–H and O–H groups in total. The number of amides is 2. The fourth-order valence-corrected chi connectivity index (χ4v) is 4.13. The standard InChI is InChI=1S/C19H25N5O2S/c1-12(25)23-18-22-11-14(27-18)16-15(20-7-8-21-16)13-5-9-24(10-6-13)17(26)19(2,3)4/h7-8,11,13H,5-6,9-10H2,1-4H3,(H,22,23,25). The summed E-state index contributed by atoms with van der Waals surface area (Å²) in [7, 11) is 0. The summed E-state index contributed by atoms with van der Waals surface area (Å²) in [6, 6.07) is 0. The summed E-state index contributed by atoms with van der Waals surface area (Å²) in [5, 5.41) is 3.26. The third-order valence-corrected chi connectivity index (χ3v) is 5.48. The number of rotatable bonds is 3. The van der Waals surface area contributed by atoms with Crippen molar-refractivity contribution in [3.8, 4) is 10.6 Å². The van der Waals surface area contributed by atoms with Crippen LogP contribution in [-0.2, 0) is 9.59 Å². The molecule has 0 aromatic carbocycles. The monoisotopic (exact) mass is 387 g/mol. The summed E-state index contributed by atoms with van der Waals surface area (Å²) in [4.78, 5) is 39.9. The van der Waals surface area contributed by atoms with E-state index in [1.807, 2.05) is 25.7 Å². The Labute approximate surface area is 163 Å². The van der Waals surface area contributed by atoms with Gasteiger partial charge in [-0.3, -0.25) is 19.6 Å². The number of carbonyl (C=O) groups excluding carboxylic acids is 2. The molecule has 1 saturated heterocycles. The predicted octanol–water partition coefficient (Wildman–Crippen LogP) is 3.31. The van der Waals surface area contributed by atoms with Crippen LogP contribution in [0, 0.1) is 5.41 Å². The van der Waals surface area contributed by atoms with Crippen molar-refractivity contribution in [2.45, 2.75) is 46.5 Å². The van der Waals surface area contributed by atoms with Crippen LogP contribution in [0.15, 0.2) is 18.6 Å². The van der Waals surface area contributed by atoms with Gasteiger partial charge in [-0.05, 0) is 12.8 Å². The molecule has 0 unspecified atom stereocenters. The molecule has 1 aliphatic rings. The first-order chi connectivity index (χ1) is 12.8. The van der Waals surface area contributed by atoms with E-state index < -0.39 is 0 Å². The van der Waals surface area contributed by atoms with Gasteiger partial charge in [0.2, 0.25) is 11.8 Å². The molecule has 1 aliphatic heterocycles. The van der Waals surface area contributed by atoms with Crippen LogP contribution in [-0.4, -0.2) is 44.8 Å². The van der Waals surface area contributed by atoms with Gasteiger partial charge in [0.15, 0.2) is 5.13 Å². The van der Waals surface area contributed by atoms with Gasteiger partial charge in [0, 0.05) is 49.9 Å². The van der Waals surface area contributed by atoms with E-state index in [1.165, 1.54) is 18.3 Å². The first kappa shape index (κ1) is 19.4. The van der Waals surface area contributed by atoms with Gasteiger partial charge < -0.3 is 10.2 Å². The molecule has 2 aromatic heterocycles. The van der Waals surface area contributed by atoms with Crippen molar-refractivity contribution in [2.75, 3.05) is 18.4 Å². The molecule has 27 heavy (non-hydrogen) atoms. The second-order valence-corrected chi connectivity index (χ2v) is 8.85. The van der Waals surface area contributed by atoms with Crippen molar-refractivity contribution >= 4 is 28.3 Å². The van der Waals surface area contributed by atoms with Crippen LogP contribution in [0.4, 0.5) is 5.13 Å². The molecular formula is C19H25N5O2S. The fourth-order valence-electron chi connectivity index (χ4n) is 3.26. The van der Waals surface area contributed by atoms with Crippen LogP contribution in [0.25, 0.3) is 10.6 Å². The van der Waals surface area contributed by atoms with Gasteiger partial charge >= 0.3 is 0 Å². The smallest absolute Gasteiger partial charge is 0.227 e. The van der Waals surface area contributed by atoms with Gasteiger partial charge in [-0.1, -0.05) is 32.1 Å². The first-order valence-corrected chi connectivity index (χ1v) is 9.91. The number of carbonyl (C=O) groups is 2. The van der Waals surface area contributed by atoms with Crippen LogP contribution >= 0.6 is 11.3 Å². The van der Waals surface area contributed by atoms with E-state index in [2.05, 4.69) is 20.3 Å². The SMILES string of the molecule is CC(=O)Nc1ncc(-c2nccnc2C2CCN(C(=O)C(C)(C)C)CC2)s1. The normalized spacial score (nSPS) is 15.6. The Balaban J connectivity index is 1.77. The molecular weight excluding hydrogens is 362 g/mol. The molecule has 3 heterocycles. The molecule has 3 rings (SSSR count). The van der Waals surface area contributed by atoms with Gasteiger partial charge in [0.1, 0.15) is 5.69 Å². The Morgan fingerprint density at radius 3 is 2.44 bits per heavy atom. The second kappa shape index (κ2) is 7.72. The lowest BCUT2D eigenvalue weighted by molar-refractivity contribution is -0.140. The molecule has 7 nitrogen and oxygen atoms in total. The molecule has 0 saturated carbocycles. The van der Waals surface area contributed by atoms with Crippen LogP contribution in [0.1, 0.15) is 52.1 Å². The summed E-state index contributed by atoms with van der Waals surface area (Å²) in [5.74, 6) is 0.304. The number of likely N-dealkylation sites (tertiary alicyclic amines) is 1. The maximum atomic E-state index is 12.5. The third-order valence-electron chi connectivity index (χ3n) is 4.56. The topological polar surface area (TPSA) is 88.1 Å². The number of thiazole rings is 1. The highest BCUT2D eigenvalue weighted by Gasteiger charge is 2.32. The van der Waals surface area contributed by atoms with Crippen LogP contribution in [0.5, 0.6) is 0 Å². The number of hydrogen-bond acceptors (Lipinski definition) is 6. The highest BCUT2D eigenvalue weighted by Crippen LogP contribution is 2.36. The van der Waals surface area contributed by atoms with Crippen LogP contribution < -0.4 is 5.32 Å². The number of nitrogens with zero attached hydrogens (tertiary/aromatic N) is 4. The van der Waals surface area contributed by atoms with Crippen molar-refractivity contribution in [3.63, 3.8) is 0 Å².